The van der Waals surface area contributed by atoms with Crippen LogP contribution in [0.2, 0.25) is 5.02 Å². The molecule has 3 aromatic carbocycles. The molecule has 3 aromatic rings. The monoisotopic (exact) mass is 487 g/mol. The Balaban J connectivity index is 2.01. The lowest BCUT2D eigenvalue weighted by molar-refractivity contribution is -0.132. The van der Waals surface area contributed by atoms with Crippen molar-refractivity contribution >= 4 is 34.7 Å². The number of rotatable bonds is 4. The molecule has 1 amide bonds. The number of aryl methyl sites for hydroxylation is 1. The number of carbonyl (C=O) groups excluding carboxylic acids is 2. The number of methoxy groups -OCH3 is 1. The Kier molecular flexibility index (Phi) is 6.10. The van der Waals surface area contributed by atoms with Crippen LogP contribution >= 0.6 is 11.6 Å². The molecule has 4 rings (SSSR count). The van der Waals surface area contributed by atoms with Crippen LogP contribution in [-0.2, 0) is 9.59 Å². The minimum Gasteiger partial charge on any atom is -0.507 e. The molecular weight excluding hydrogens is 471 g/mol. The predicted octanol–water partition coefficient (Wildman–Crippen LogP) is 5.70. The summed E-state index contributed by atoms with van der Waals surface area (Å²) in [7, 11) is 1.32. The fourth-order valence-corrected chi connectivity index (χ4v) is 4.30. The largest absolute Gasteiger partial charge is 0.507 e. The molecular formula is C25H17ClF3NO4. The van der Waals surface area contributed by atoms with Crippen molar-refractivity contribution in [2.75, 3.05) is 12.0 Å². The highest BCUT2D eigenvalue weighted by Gasteiger charge is 2.47. The summed E-state index contributed by atoms with van der Waals surface area (Å²) >= 11 is 6.24. The van der Waals surface area contributed by atoms with Crippen LogP contribution in [0, 0.1) is 24.4 Å². The number of halogens is 4. The molecule has 1 unspecified atom stereocenters. The molecule has 1 atom stereocenters. The maximum atomic E-state index is 14.0. The van der Waals surface area contributed by atoms with Gasteiger partial charge in [-0.3, -0.25) is 14.5 Å². The van der Waals surface area contributed by atoms with E-state index in [-0.39, 0.29) is 33.2 Å². The number of anilines is 1. The van der Waals surface area contributed by atoms with Gasteiger partial charge in [0.15, 0.2) is 11.6 Å². The summed E-state index contributed by atoms with van der Waals surface area (Å²) in [5, 5.41) is 11.4. The first kappa shape index (κ1) is 23.4. The smallest absolute Gasteiger partial charge is 0.300 e. The van der Waals surface area contributed by atoms with Gasteiger partial charge in [0, 0.05) is 11.8 Å². The number of amides is 1. The van der Waals surface area contributed by atoms with Gasteiger partial charge in [0.1, 0.15) is 17.3 Å². The summed E-state index contributed by atoms with van der Waals surface area (Å²) in [5.41, 5.74) is 0.484. The zero-order valence-corrected chi connectivity index (χ0v) is 18.7. The third-order valence-electron chi connectivity index (χ3n) is 5.46. The van der Waals surface area contributed by atoms with E-state index in [1.54, 1.807) is 13.0 Å². The minimum absolute atomic E-state index is 0.0582. The van der Waals surface area contributed by atoms with Crippen LogP contribution in [0.15, 0.2) is 60.2 Å². The number of aliphatic hydroxyl groups is 1. The van der Waals surface area contributed by atoms with E-state index in [4.69, 9.17) is 16.3 Å². The number of benzene rings is 3. The third kappa shape index (κ3) is 3.90. The second-order valence-corrected chi connectivity index (χ2v) is 8.05. The Hall–Kier alpha value is -3.78. The fourth-order valence-electron chi connectivity index (χ4n) is 3.95. The van der Waals surface area contributed by atoms with Gasteiger partial charge in [-0.25, -0.2) is 13.2 Å². The number of hydrogen-bond donors (Lipinski definition) is 1. The van der Waals surface area contributed by atoms with Crippen molar-refractivity contribution in [3.05, 3.63) is 99.3 Å². The van der Waals surface area contributed by atoms with Gasteiger partial charge in [-0.2, -0.15) is 0 Å². The number of aliphatic hydroxyl groups excluding tert-OH is 1. The summed E-state index contributed by atoms with van der Waals surface area (Å²) in [5.74, 6) is -5.61. The average Bonchev–Trinajstić information content (AvgIpc) is 3.06. The predicted molar refractivity (Wildman–Crippen MR) is 120 cm³/mol. The molecule has 1 saturated heterocycles. The second kappa shape index (κ2) is 8.87. The van der Waals surface area contributed by atoms with Crippen molar-refractivity contribution in [1.29, 1.82) is 0 Å². The van der Waals surface area contributed by atoms with Crippen LogP contribution in [0.5, 0.6) is 5.75 Å². The Morgan fingerprint density at radius 2 is 1.68 bits per heavy atom. The maximum Gasteiger partial charge on any atom is 0.300 e. The van der Waals surface area contributed by atoms with Crippen LogP contribution in [0.3, 0.4) is 0 Å². The van der Waals surface area contributed by atoms with E-state index in [0.29, 0.717) is 5.56 Å². The van der Waals surface area contributed by atoms with Gasteiger partial charge in [-0.05, 0) is 54.4 Å². The molecule has 5 nitrogen and oxygen atoms in total. The summed E-state index contributed by atoms with van der Waals surface area (Å²) in [6.45, 7) is 1.71. The van der Waals surface area contributed by atoms with Crippen LogP contribution in [0.25, 0.3) is 5.76 Å². The van der Waals surface area contributed by atoms with E-state index in [2.05, 4.69) is 0 Å². The van der Waals surface area contributed by atoms with Crippen LogP contribution < -0.4 is 9.64 Å². The Labute approximate surface area is 197 Å². The number of carbonyl (C=O) groups is 2. The molecule has 0 bridgehead atoms. The molecule has 1 fully saturated rings. The lowest BCUT2D eigenvalue weighted by Crippen LogP contribution is -2.29. The highest BCUT2D eigenvalue weighted by Crippen LogP contribution is 2.44. The van der Waals surface area contributed by atoms with Crippen molar-refractivity contribution in [3.63, 3.8) is 0 Å². The van der Waals surface area contributed by atoms with Crippen molar-refractivity contribution in [3.8, 4) is 5.75 Å². The first-order valence-electron chi connectivity index (χ1n) is 10.00. The third-order valence-corrected chi connectivity index (χ3v) is 5.74. The zero-order valence-electron chi connectivity index (χ0n) is 17.9. The first-order valence-corrected chi connectivity index (χ1v) is 10.4. The topological polar surface area (TPSA) is 66.8 Å². The number of ketones is 1. The number of ether oxygens (including phenoxy) is 1. The molecule has 1 N–H and O–H groups in total. The highest BCUT2D eigenvalue weighted by molar-refractivity contribution is 6.51. The van der Waals surface area contributed by atoms with Crippen LogP contribution in [0.4, 0.5) is 18.9 Å². The number of Topliss-reactive ketones (excluding diaryl/α,β-unsaturated/α-hetero) is 1. The SMILES string of the molecule is COc1c(Cl)cc(C)cc1/C(O)=C1\C(=O)C(=O)N(c2ccc(F)c(F)c2)C1c1ccc(F)cc1. The van der Waals surface area contributed by atoms with E-state index in [9.17, 15) is 27.9 Å². The first-order chi connectivity index (χ1) is 16.1. The normalized spacial score (nSPS) is 17.4. The molecule has 1 aliphatic heterocycles. The second-order valence-electron chi connectivity index (χ2n) is 7.65. The van der Waals surface area contributed by atoms with E-state index < -0.39 is 40.9 Å². The maximum absolute atomic E-state index is 14.0. The van der Waals surface area contributed by atoms with Crippen molar-refractivity contribution in [2.24, 2.45) is 0 Å². The quantitative estimate of drug-likeness (QED) is 0.291. The molecule has 174 valence electrons. The molecule has 0 spiro atoms. The molecule has 34 heavy (non-hydrogen) atoms. The van der Waals surface area contributed by atoms with Crippen LogP contribution in [0.1, 0.15) is 22.7 Å². The molecule has 1 heterocycles. The van der Waals surface area contributed by atoms with Gasteiger partial charge in [0.25, 0.3) is 11.7 Å². The van der Waals surface area contributed by atoms with E-state index in [1.165, 1.54) is 25.3 Å². The highest BCUT2D eigenvalue weighted by atomic mass is 35.5. The fraction of sp³-hybridized carbons (Fsp3) is 0.120. The van der Waals surface area contributed by atoms with Crippen molar-refractivity contribution in [2.45, 2.75) is 13.0 Å². The standard InChI is InChI=1S/C25H17ClF3NO4/c1-12-9-16(24(34-2)17(26)10-12)22(31)20-21(13-3-5-14(27)6-4-13)30(25(33)23(20)32)15-7-8-18(28)19(29)11-15/h3-11,21,31H,1-2H3/b22-20+. The minimum atomic E-state index is -1.27. The number of hydrogen-bond acceptors (Lipinski definition) is 4. The Morgan fingerprint density at radius 3 is 2.29 bits per heavy atom. The van der Waals surface area contributed by atoms with E-state index >= 15 is 0 Å². The molecule has 0 aliphatic carbocycles. The van der Waals surface area contributed by atoms with Crippen molar-refractivity contribution < 1.29 is 32.6 Å². The van der Waals surface area contributed by atoms with Gasteiger partial charge in [-0.15, -0.1) is 0 Å². The van der Waals surface area contributed by atoms with E-state index in [1.807, 2.05) is 0 Å². The lowest BCUT2D eigenvalue weighted by atomic mass is 9.94. The molecule has 0 saturated carbocycles. The summed E-state index contributed by atoms with van der Waals surface area (Å²) in [4.78, 5) is 27.1. The van der Waals surface area contributed by atoms with Gasteiger partial charge in [0.2, 0.25) is 0 Å². The summed E-state index contributed by atoms with van der Waals surface area (Å²) < 4.78 is 46.5. The van der Waals surface area contributed by atoms with Gasteiger partial charge < -0.3 is 9.84 Å². The molecule has 1 aliphatic rings. The summed E-state index contributed by atoms with van der Waals surface area (Å²) in [6.07, 6.45) is 0. The van der Waals surface area contributed by atoms with Gasteiger partial charge in [0.05, 0.1) is 29.3 Å². The van der Waals surface area contributed by atoms with Gasteiger partial charge in [-0.1, -0.05) is 23.7 Å². The summed E-state index contributed by atoms with van der Waals surface area (Å²) in [6, 6.07) is 9.44. The van der Waals surface area contributed by atoms with Gasteiger partial charge >= 0.3 is 0 Å². The molecule has 9 heteroatoms. The van der Waals surface area contributed by atoms with E-state index in [0.717, 1.165) is 35.2 Å². The Bertz CT molecular complexity index is 1360. The zero-order chi connectivity index (χ0) is 24.7. The van der Waals surface area contributed by atoms with Crippen LogP contribution in [-0.4, -0.2) is 23.9 Å². The average molecular weight is 488 g/mol. The van der Waals surface area contributed by atoms with Crippen molar-refractivity contribution in [1.82, 2.24) is 0 Å². The lowest BCUT2D eigenvalue weighted by Gasteiger charge is -2.25. The molecule has 0 radical (unpaired) electrons. The number of nitrogens with zero attached hydrogens (tertiary/aromatic N) is 1. The Morgan fingerprint density at radius 1 is 1.00 bits per heavy atom. The molecule has 0 aromatic heterocycles.